The van der Waals surface area contributed by atoms with Crippen molar-refractivity contribution >= 4 is 29.5 Å². The molecular formula is C33H50N6O4. The van der Waals surface area contributed by atoms with Gasteiger partial charge >= 0.3 is 6.03 Å². The molecule has 0 bridgehead atoms. The van der Waals surface area contributed by atoms with Gasteiger partial charge in [0.2, 0.25) is 17.8 Å². The lowest BCUT2D eigenvalue weighted by molar-refractivity contribution is -0.133. The number of ether oxygens (including phenoxy) is 1. The molecule has 1 aromatic carbocycles. The van der Waals surface area contributed by atoms with Crippen LogP contribution in [0.3, 0.4) is 0 Å². The number of rotatable bonds is 9. The number of hydrogen-bond acceptors (Lipinski definition) is 6. The summed E-state index contributed by atoms with van der Waals surface area (Å²) in [4.78, 5) is 49.3. The van der Waals surface area contributed by atoms with E-state index in [2.05, 4.69) is 10.6 Å². The van der Waals surface area contributed by atoms with Gasteiger partial charge in [0, 0.05) is 50.7 Å². The minimum absolute atomic E-state index is 0.0561. The van der Waals surface area contributed by atoms with Gasteiger partial charge in [-0.2, -0.15) is 0 Å². The van der Waals surface area contributed by atoms with Crippen LogP contribution >= 0.6 is 0 Å². The highest BCUT2D eigenvalue weighted by molar-refractivity contribution is 5.99. The van der Waals surface area contributed by atoms with Crippen LogP contribution < -0.4 is 15.4 Å². The lowest BCUT2D eigenvalue weighted by Crippen LogP contribution is -2.53. The third-order valence-corrected chi connectivity index (χ3v) is 9.46. The minimum Gasteiger partial charge on any atom is -0.494 e. The zero-order chi connectivity index (χ0) is 30.0. The van der Waals surface area contributed by atoms with Crippen molar-refractivity contribution in [2.24, 2.45) is 4.99 Å². The molecule has 0 radical (unpaired) electrons. The summed E-state index contributed by atoms with van der Waals surface area (Å²) in [5.74, 6) is 1.37. The molecule has 2 aliphatic carbocycles. The van der Waals surface area contributed by atoms with E-state index in [1.54, 1.807) is 0 Å². The third-order valence-electron chi connectivity index (χ3n) is 9.46. The van der Waals surface area contributed by atoms with Crippen LogP contribution in [0.2, 0.25) is 0 Å². The molecule has 43 heavy (non-hydrogen) atoms. The number of carbonyl (C=O) groups excluding carboxylic acids is 3. The predicted octanol–water partition coefficient (Wildman–Crippen LogP) is 5.08. The Morgan fingerprint density at radius 3 is 2.40 bits per heavy atom. The summed E-state index contributed by atoms with van der Waals surface area (Å²) < 4.78 is 6.04. The standard InChI is InChI=1S/C33H50N6O4/c1-37(27-14-7-3-8-15-27)30(40)16-11-21-43-28-17-18-29-25(22-28)23-39(24-31(41)38-19-9-4-10-20-38)32(35-29)36-33(42)34-26-12-5-2-6-13-26/h17-18,22,26-27H,2-16,19-21,23-24H2,1H3,(H2,34,35,36,42). The molecule has 4 aliphatic rings. The maximum Gasteiger partial charge on any atom is 0.321 e. The van der Waals surface area contributed by atoms with Crippen LogP contribution in [0.25, 0.3) is 0 Å². The van der Waals surface area contributed by atoms with Gasteiger partial charge in [-0.1, -0.05) is 38.5 Å². The Morgan fingerprint density at radius 2 is 1.65 bits per heavy atom. The molecular weight excluding hydrogens is 544 g/mol. The van der Waals surface area contributed by atoms with Gasteiger partial charge in [0.25, 0.3) is 0 Å². The first-order chi connectivity index (χ1) is 21.0. The van der Waals surface area contributed by atoms with E-state index in [1.807, 2.05) is 39.9 Å². The molecule has 10 nitrogen and oxygen atoms in total. The number of nitrogens with one attached hydrogen (secondary N) is 2. The number of guanidine groups is 1. The number of aliphatic imine (C=N–C) groups is 1. The number of benzene rings is 1. The SMILES string of the molecule is CN(C(=O)CCCOc1ccc2c(c1)CN(CC(=O)N1CCCCC1)C(NC(=O)NC1CCCCC1)=N2)C1CCCCC1. The number of piperidine rings is 1. The highest BCUT2D eigenvalue weighted by atomic mass is 16.5. The van der Waals surface area contributed by atoms with Gasteiger partial charge < -0.3 is 24.8 Å². The highest BCUT2D eigenvalue weighted by Crippen LogP contribution is 2.30. The van der Waals surface area contributed by atoms with Gasteiger partial charge in [-0.25, -0.2) is 9.79 Å². The smallest absolute Gasteiger partial charge is 0.321 e. The van der Waals surface area contributed by atoms with Crippen LogP contribution in [-0.2, 0) is 16.1 Å². The minimum atomic E-state index is -0.270. The average Bonchev–Trinajstić information content (AvgIpc) is 3.04. The Hall–Kier alpha value is -3.30. The molecule has 0 atom stereocenters. The summed E-state index contributed by atoms with van der Waals surface area (Å²) in [5, 5.41) is 6.05. The molecule has 1 aromatic rings. The molecule has 0 unspecified atom stereocenters. The summed E-state index contributed by atoms with van der Waals surface area (Å²) in [5.41, 5.74) is 1.70. The van der Waals surface area contributed by atoms with Crippen molar-refractivity contribution in [3.63, 3.8) is 0 Å². The molecule has 236 valence electrons. The van der Waals surface area contributed by atoms with Crippen LogP contribution in [0.4, 0.5) is 10.5 Å². The van der Waals surface area contributed by atoms with Gasteiger partial charge in [0.1, 0.15) is 12.3 Å². The second-order valence-electron chi connectivity index (χ2n) is 12.7. The zero-order valence-corrected chi connectivity index (χ0v) is 26.0. The van der Waals surface area contributed by atoms with Crippen molar-refractivity contribution in [2.45, 2.75) is 115 Å². The molecule has 5 rings (SSSR count). The monoisotopic (exact) mass is 594 g/mol. The molecule has 4 amide bonds. The Morgan fingerprint density at radius 1 is 0.953 bits per heavy atom. The number of hydrogen-bond donors (Lipinski definition) is 2. The largest absolute Gasteiger partial charge is 0.494 e. The van der Waals surface area contributed by atoms with E-state index < -0.39 is 0 Å². The van der Waals surface area contributed by atoms with E-state index in [0.717, 1.165) is 87.9 Å². The summed E-state index contributed by atoms with van der Waals surface area (Å²) in [6.07, 6.45) is 15.7. The molecule has 3 fully saturated rings. The Bertz CT molecular complexity index is 1140. The third kappa shape index (κ3) is 8.86. The lowest BCUT2D eigenvalue weighted by atomic mass is 9.94. The normalized spacial score (nSPS) is 19.7. The first kappa shape index (κ1) is 31.1. The van der Waals surface area contributed by atoms with Crippen LogP contribution in [0, 0.1) is 0 Å². The van der Waals surface area contributed by atoms with Gasteiger partial charge in [0.15, 0.2) is 0 Å². The van der Waals surface area contributed by atoms with Crippen LogP contribution in [0.1, 0.15) is 102 Å². The van der Waals surface area contributed by atoms with Crippen LogP contribution in [0.5, 0.6) is 5.75 Å². The van der Waals surface area contributed by atoms with Crippen molar-refractivity contribution in [3.05, 3.63) is 23.8 Å². The molecule has 2 aliphatic heterocycles. The lowest BCUT2D eigenvalue weighted by Gasteiger charge is -2.34. The van der Waals surface area contributed by atoms with Crippen molar-refractivity contribution < 1.29 is 19.1 Å². The summed E-state index contributed by atoms with van der Waals surface area (Å²) >= 11 is 0. The molecule has 2 heterocycles. The second kappa shape index (κ2) is 15.4. The van der Waals surface area contributed by atoms with Gasteiger partial charge in [0.05, 0.1) is 12.3 Å². The summed E-state index contributed by atoms with van der Waals surface area (Å²) in [7, 11) is 1.94. The molecule has 0 aromatic heterocycles. The van der Waals surface area contributed by atoms with E-state index in [-0.39, 0.29) is 30.4 Å². The van der Waals surface area contributed by atoms with Gasteiger partial charge in [-0.3, -0.25) is 14.9 Å². The van der Waals surface area contributed by atoms with Crippen LogP contribution in [-0.4, -0.2) is 83.9 Å². The van der Waals surface area contributed by atoms with Crippen molar-refractivity contribution in [2.75, 3.05) is 33.3 Å². The van der Waals surface area contributed by atoms with E-state index >= 15 is 0 Å². The summed E-state index contributed by atoms with van der Waals surface area (Å²) in [6.45, 7) is 2.62. The number of urea groups is 1. The highest BCUT2D eigenvalue weighted by Gasteiger charge is 2.28. The predicted molar refractivity (Wildman–Crippen MR) is 167 cm³/mol. The van der Waals surface area contributed by atoms with Gasteiger partial charge in [-0.15, -0.1) is 0 Å². The average molecular weight is 595 g/mol. The molecule has 2 saturated carbocycles. The second-order valence-corrected chi connectivity index (χ2v) is 12.7. The topological polar surface area (TPSA) is 107 Å². The Balaban J connectivity index is 1.19. The van der Waals surface area contributed by atoms with E-state index in [0.29, 0.717) is 38.0 Å². The van der Waals surface area contributed by atoms with Crippen LogP contribution in [0.15, 0.2) is 23.2 Å². The van der Waals surface area contributed by atoms with E-state index in [9.17, 15) is 14.4 Å². The fourth-order valence-electron chi connectivity index (χ4n) is 6.83. The molecule has 2 N–H and O–H groups in total. The van der Waals surface area contributed by atoms with Crippen molar-refractivity contribution in [1.82, 2.24) is 25.3 Å². The number of nitrogens with zero attached hydrogens (tertiary/aromatic N) is 4. The molecule has 1 saturated heterocycles. The molecule has 0 spiro atoms. The maximum atomic E-state index is 13.2. The Labute approximate surface area is 256 Å². The molecule has 10 heteroatoms. The number of fused-ring (bicyclic) bond motifs is 1. The number of amides is 4. The zero-order valence-electron chi connectivity index (χ0n) is 26.0. The van der Waals surface area contributed by atoms with E-state index in [4.69, 9.17) is 9.73 Å². The first-order valence-corrected chi connectivity index (χ1v) is 16.7. The fraction of sp³-hybridized carbons (Fsp3) is 0.697. The van der Waals surface area contributed by atoms with Gasteiger partial charge in [-0.05, 0) is 69.6 Å². The van der Waals surface area contributed by atoms with Crippen molar-refractivity contribution in [3.8, 4) is 5.75 Å². The number of likely N-dealkylation sites (tertiary alicyclic amines) is 1. The van der Waals surface area contributed by atoms with E-state index in [1.165, 1.54) is 25.7 Å². The summed E-state index contributed by atoms with van der Waals surface area (Å²) in [6, 6.07) is 6.03. The van der Waals surface area contributed by atoms with Crippen molar-refractivity contribution in [1.29, 1.82) is 0 Å². The maximum absolute atomic E-state index is 13.2. The first-order valence-electron chi connectivity index (χ1n) is 16.7. The Kier molecular flexibility index (Phi) is 11.2. The fourth-order valence-corrected chi connectivity index (χ4v) is 6.83. The quantitative estimate of drug-likeness (QED) is 0.388. The number of carbonyl (C=O) groups is 3.